The minimum atomic E-state index is -0.231. The summed E-state index contributed by atoms with van der Waals surface area (Å²) in [5.74, 6) is -0.689. The molecule has 1 saturated carbocycles. The first kappa shape index (κ1) is 78.7. The molecule has 1 aliphatic carbocycles. The van der Waals surface area contributed by atoms with E-state index in [0.717, 1.165) is 84.2 Å². The highest BCUT2D eigenvalue weighted by Gasteiger charge is 2.25. The number of ether oxygens (including phenoxy) is 4. The molecule has 0 aliphatic heterocycles. The highest BCUT2D eigenvalue weighted by molar-refractivity contribution is 5.71. The van der Waals surface area contributed by atoms with Crippen LogP contribution in [-0.2, 0) is 38.1 Å². The molecule has 0 aromatic carbocycles. The average molecular weight is 1180 g/mol. The Kier molecular flexibility index (Phi) is 56.9. The van der Waals surface area contributed by atoms with Crippen molar-refractivity contribution >= 4 is 23.9 Å². The molecule has 0 radical (unpaired) electrons. The molecule has 0 heterocycles. The molecule has 490 valence electrons. The maximum absolute atomic E-state index is 13.2. The van der Waals surface area contributed by atoms with Crippen LogP contribution < -0.4 is 0 Å². The number of hydrogen-bond acceptors (Lipinski definition) is 12. The molecule has 0 aromatic heterocycles. The summed E-state index contributed by atoms with van der Waals surface area (Å²) in [4.78, 5) is 61.5. The lowest BCUT2D eigenvalue weighted by Gasteiger charge is -2.38. The van der Waals surface area contributed by atoms with Crippen LogP contribution >= 0.6 is 0 Å². The van der Waals surface area contributed by atoms with Gasteiger partial charge in [0, 0.05) is 77.5 Å². The summed E-state index contributed by atoms with van der Waals surface area (Å²) in [5.41, 5.74) is 0. The molecule has 0 spiro atoms. The Hall–Kier alpha value is -2.28. The SMILES string of the molecule is CCCCCCCCCCCCCCOC(=O)CCN(CCC(=O)OCCCCCCCCCCCCCC)CCN(CCN(CCN(CCC(=O)OC)CCC(=O)OCCCCCCCCCCCCCC)C1CCCCC1)C(C)CC. The van der Waals surface area contributed by atoms with E-state index in [2.05, 4.69) is 54.2 Å². The molecular weight excluding hydrogens is 1040 g/mol. The number of nitrogens with zero attached hydrogens (tertiary/aromatic N) is 4. The molecule has 1 aliphatic rings. The van der Waals surface area contributed by atoms with Crippen molar-refractivity contribution in [1.82, 2.24) is 19.6 Å². The molecule has 1 unspecified atom stereocenters. The van der Waals surface area contributed by atoms with Gasteiger partial charge in [-0.2, -0.15) is 0 Å². The van der Waals surface area contributed by atoms with Gasteiger partial charge in [0.1, 0.15) is 0 Å². The molecule has 0 bridgehead atoms. The van der Waals surface area contributed by atoms with E-state index >= 15 is 0 Å². The van der Waals surface area contributed by atoms with Gasteiger partial charge in [-0.05, 0) is 45.4 Å². The molecule has 0 N–H and O–H groups in total. The van der Waals surface area contributed by atoms with Crippen LogP contribution in [0.15, 0.2) is 0 Å². The smallest absolute Gasteiger partial charge is 0.307 e. The Labute approximate surface area is 513 Å². The van der Waals surface area contributed by atoms with Crippen LogP contribution in [-0.4, -0.2) is 148 Å². The second kappa shape index (κ2) is 60.0. The van der Waals surface area contributed by atoms with E-state index in [9.17, 15) is 19.2 Å². The van der Waals surface area contributed by atoms with Crippen molar-refractivity contribution in [2.45, 2.75) is 342 Å². The van der Waals surface area contributed by atoms with Crippen LogP contribution in [0.1, 0.15) is 330 Å². The topological polar surface area (TPSA) is 118 Å². The fourth-order valence-corrected chi connectivity index (χ4v) is 11.9. The summed E-state index contributed by atoms with van der Waals surface area (Å²) in [6, 6.07) is 0.868. The standard InChI is InChI=1S/C71H138N4O8/c1-7-11-14-17-20-23-26-29-32-35-38-44-63-81-69(77)50-54-72(53-49-68(76)80-6)58-60-75(67-47-42-41-43-48-67)62-61-74(66(5)10-4)59-57-73(55-51-70(78)82-64-45-39-36-33-30-27-24-21-18-15-12-8-2)56-52-71(79)83-65-46-40-37-34-31-28-25-22-19-16-13-9-3/h66-67H,7-65H2,1-6H3. The van der Waals surface area contributed by atoms with E-state index in [1.54, 1.807) is 0 Å². The molecule has 83 heavy (non-hydrogen) atoms. The van der Waals surface area contributed by atoms with Crippen molar-refractivity contribution in [3.05, 3.63) is 0 Å². The number of hydrogen-bond donors (Lipinski definition) is 0. The van der Waals surface area contributed by atoms with Gasteiger partial charge in [0.05, 0.1) is 52.6 Å². The predicted molar refractivity (Wildman–Crippen MR) is 349 cm³/mol. The Balaban J connectivity index is 2.83. The number of unbranched alkanes of at least 4 members (excludes halogenated alkanes) is 33. The summed E-state index contributed by atoms with van der Waals surface area (Å²) in [6.07, 6.45) is 54.3. The van der Waals surface area contributed by atoms with Gasteiger partial charge in [-0.15, -0.1) is 0 Å². The van der Waals surface area contributed by atoms with Crippen LogP contribution in [0, 0.1) is 0 Å². The molecule has 0 saturated heterocycles. The van der Waals surface area contributed by atoms with Crippen LogP contribution in [0.2, 0.25) is 0 Å². The third kappa shape index (κ3) is 50.4. The molecular formula is C71H138N4O8. The summed E-state index contributed by atoms with van der Waals surface area (Å²) >= 11 is 0. The van der Waals surface area contributed by atoms with Gasteiger partial charge in [-0.1, -0.05) is 259 Å². The van der Waals surface area contributed by atoms with Gasteiger partial charge in [0.2, 0.25) is 0 Å². The Morgan fingerprint density at radius 1 is 0.349 bits per heavy atom. The molecule has 1 rings (SSSR count). The monoisotopic (exact) mass is 1180 g/mol. The summed E-state index contributed by atoms with van der Waals surface area (Å²) in [7, 11) is 1.44. The first-order valence-electron chi connectivity index (χ1n) is 36.1. The Bertz CT molecular complexity index is 1400. The van der Waals surface area contributed by atoms with Crippen LogP contribution in [0.3, 0.4) is 0 Å². The van der Waals surface area contributed by atoms with E-state index in [1.165, 1.54) is 232 Å². The minimum absolute atomic E-state index is 0.151. The fraction of sp³-hybridized carbons (Fsp3) is 0.944. The van der Waals surface area contributed by atoms with Crippen molar-refractivity contribution in [3.8, 4) is 0 Å². The van der Waals surface area contributed by atoms with Crippen LogP contribution in [0.4, 0.5) is 0 Å². The minimum Gasteiger partial charge on any atom is -0.469 e. The summed E-state index contributed by atoms with van der Waals surface area (Å²) in [5, 5.41) is 0. The first-order valence-corrected chi connectivity index (χ1v) is 36.1. The second-order valence-electron chi connectivity index (χ2n) is 25.2. The summed E-state index contributed by atoms with van der Waals surface area (Å²) in [6.45, 7) is 20.1. The zero-order valence-corrected chi connectivity index (χ0v) is 55.9. The van der Waals surface area contributed by atoms with E-state index < -0.39 is 0 Å². The third-order valence-corrected chi connectivity index (χ3v) is 17.9. The van der Waals surface area contributed by atoms with Crippen LogP contribution in [0.25, 0.3) is 0 Å². The quantitative estimate of drug-likeness (QED) is 0.0328. The van der Waals surface area contributed by atoms with Crippen LogP contribution in [0.5, 0.6) is 0 Å². The molecule has 1 fully saturated rings. The molecule has 0 aromatic rings. The highest BCUT2D eigenvalue weighted by atomic mass is 16.5. The number of esters is 4. The molecule has 0 amide bonds. The average Bonchev–Trinajstić information content (AvgIpc) is 3.51. The fourth-order valence-electron chi connectivity index (χ4n) is 11.9. The van der Waals surface area contributed by atoms with Gasteiger partial charge in [-0.3, -0.25) is 29.0 Å². The summed E-state index contributed by atoms with van der Waals surface area (Å²) < 4.78 is 22.3. The maximum Gasteiger partial charge on any atom is 0.307 e. The van der Waals surface area contributed by atoms with Gasteiger partial charge in [0.15, 0.2) is 0 Å². The third-order valence-electron chi connectivity index (χ3n) is 17.9. The van der Waals surface area contributed by atoms with Crippen molar-refractivity contribution in [1.29, 1.82) is 0 Å². The zero-order chi connectivity index (χ0) is 60.3. The van der Waals surface area contributed by atoms with E-state index in [-0.39, 0.29) is 23.9 Å². The first-order chi connectivity index (χ1) is 40.7. The predicted octanol–water partition coefficient (Wildman–Crippen LogP) is 17.8. The zero-order valence-electron chi connectivity index (χ0n) is 55.9. The highest BCUT2D eigenvalue weighted by Crippen LogP contribution is 2.23. The lowest BCUT2D eigenvalue weighted by molar-refractivity contribution is -0.145. The van der Waals surface area contributed by atoms with E-state index in [4.69, 9.17) is 18.9 Å². The molecule has 12 nitrogen and oxygen atoms in total. The van der Waals surface area contributed by atoms with Gasteiger partial charge in [-0.25, -0.2) is 0 Å². The van der Waals surface area contributed by atoms with E-state index in [0.29, 0.717) is 83.8 Å². The van der Waals surface area contributed by atoms with Crippen molar-refractivity contribution in [2.24, 2.45) is 0 Å². The van der Waals surface area contributed by atoms with Gasteiger partial charge < -0.3 is 28.7 Å². The van der Waals surface area contributed by atoms with Crippen molar-refractivity contribution in [2.75, 3.05) is 92.4 Å². The number of methoxy groups -OCH3 is 1. The lowest BCUT2D eigenvalue weighted by atomic mass is 9.94. The number of carbonyl (C=O) groups is 4. The van der Waals surface area contributed by atoms with Gasteiger partial charge >= 0.3 is 23.9 Å². The van der Waals surface area contributed by atoms with Gasteiger partial charge in [0.25, 0.3) is 0 Å². The van der Waals surface area contributed by atoms with Crippen molar-refractivity contribution in [3.63, 3.8) is 0 Å². The Morgan fingerprint density at radius 3 is 0.940 bits per heavy atom. The number of carbonyl (C=O) groups excluding carboxylic acids is 4. The lowest BCUT2D eigenvalue weighted by Crippen LogP contribution is -2.48. The second-order valence-corrected chi connectivity index (χ2v) is 25.2. The molecule has 12 heteroatoms. The van der Waals surface area contributed by atoms with E-state index in [1.807, 2.05) is 0 Å². The normalized spacial score (nSPS) is 13.4. The number of rotatable bonds is 63. The largest absolute Gasteiger partial charge is 0.469 e. The Morgan fingerprint density at radius 2 is 0.627 bits per heavy atom. The molecule has 1 atom stereocenters. The van der Waals surface area contributed by atoms with Crippen molar-refractivity contribution < 1.29 is 38.1 Å². The maximum atomic E-state index is 13.2.